The zero-order chi connectivity index (χ0) is 16.2. The van der Waals surface area contributed by atoms with E-state index in [4.69, 9.17) is 16.0 Å². The van der Waals surface area contributed by atoms with Crippen LogP contribution in [0.2, 0.25) is 5.02 Å². The largest absolute Gasteiger partial charge is 0.444 e. The van der Waals surface area contributed by atoms with Crippen LogP contribution in [0.3, 0.4) is 0 Å². The van der Waals surface area contributed by atoms with Gasteiger partial charge in [-0.15, -0.1) is 0 Å². The molecule has 0 aliphatic rings. The molecule has 2 aromatic heterocycles. The summed E-state index contributed by atoms with van der Waals surface area (Å²) in [7, 11) is 0. The SMILES string of the molecule is Cc1nc(CN[C@H](c2cccc(Cl)c2)c2ccccn2)oc1C. The predicted octanol–water partition coefficient (Wildman–Crippen LogP) is 4.22. The first kappa shape index (κ1) is 15.7. The standard InChI is InChI=1S/C18H18ClN3O/c1-12-13(2)23-17(22-12)11-21-18(16-8-3-4-9-20-16)14-6-5-7-15(19)10-14/h3-10,18,21H,11H2,1-2H3/t18-/m1/s1. The van der Waals surface area contributed by atoms with Crippen LogP contribution in [-0.4, -0.2) is 9.97 Å². The molecule has 1 aromatic carbocycles. The minimum atomic E-state index is -0.0811. The van der Waals surface area contributed by atoms with Crippen LogP contribution in [0.15, 0.2) is 53.1 Å². The lowest BCUT2D eigenvalue weighted by Gasteiger charge is -2.18. The normalized spacial score (nSPS) is 12.3. The fourth-order valence-corrected chi connectivity index (χ4v) is 2.63. The molecule has 5 heteroatoms. The molecule has 23 heavy (non-hydrogen) atoms. The third kappa shape index (κ3) is 3.78. The van der Waals surface area contributed by atoms with Crippen molar-refractivity contribution < 1.29 is 4.42 Å². The zero-order valence-electron chi connectivity index (χ0n) is 13.1. The lowest BCUT2D eigenvalue weighted by Crippen LogP contribution is -2.23. The molecule has 0 fully saturated rings. The van der Waals surface area contributed by atoms with Crippen molar-refractivity contribution in [3.8, 4) is 0 Å². The second-order valence-corrected chi connectivity index (χ2v) is 5.81. The number of pyridine rings is 1. The van der Waals surface area contributed by atoms with Gasteiger partial charge in [0.2, 0.25) is 5.89 Å². The summed E-state index contributed by atoms with van der Waals surface area (Å²) in [6.45, 7) is 4.37. The van der Waals surface area contributed by atoms with Crippen LogP contribution in [0, 0.1) is 13.8 Å². The number of nitrogens with zero attached hydrogens (tertiary/aromatic N) is 2. The first-order valence-electron chi connectivity index (χ1n) is 7.46. The van der Waals surface area contributed by atoms with Crippen molar-refractivity contribution >= 4 is 11.6 Å². The number of hydrogen-bond acceptors (Lipinski definition) is 4. The van der Waals surface area contributed by atoms with Crippen LogP contribution in [-0.2, 0) is 6.54 Å². The molecule has 0 bridgehead atoms. The molecule has 0 unspecified atom stereocenters. The Kier molecular flexibility index (Phi) is 4.74. The van der Waals surface area contributed by atoms with Gasteiger partial charge in [0.1, 0.15) is 5.76 Å². The van der Waals surface area contributed by atoms with Crippen molar-refractivity contribution in [2.24, 2.45) is 0 Å². The minimum absolute atomic E-state index is 0.0811. The lowest BCUT2D eigenvalue weighted by molar-refractivity contribution is 0.436. The maximum atomic E-state index is 6.14. The highest BCUT2D eigenvalue weighted by Crippen LogP contribution is 2.23. The zero-order valence-corrected chi connectivity index (χ0v) is 13.8. The number of aryl methyl sites for hydroxylation is 2. The van der Waals surface area contributed by atoms with E-state index in [0.717, 1.165) is 22.7 Å². The molecule has 0 saturated carbocycles. The fourth-order valence-electron chi connectivity index (χ4n) is 2.43. The Balaban J connectivity index is 1.86. The maximum Gasteiger partial charge on any atom is 0.208 e. The molecule has 0 radical (unpaired) electrons. The van der Waals surface area contributed by atoms with E-state index in [9.17, 15) is 0 Å². The van der Waals surface area contributed by atoms with Crippen molar-refractivity contribution in [3.63, 3.8) is 0 Å². The van der Waals surface area contributed by atoms with Gasteiger partial charge in [0, 0.05) is 11.2 Å². The summed E-state index contributed by atoms with van der Waals surface area (Å²) in [6, 6.07) is 13.6. The van der Waals surface area contributed by atoms with Crippen molar-refractivity contribution in [2.45, 2.75) is 26.4 Å². The quantitative estimate of drug-likeness (QED) is 0.762. The summed E-state index contributed by atoms with van der Waals surface area (Å²) in [6.07, 6.45) is 1.79. The van der Waals surface area contributed by atoms with Gasteiger partial charge in [0.25, 0.3) is 0 Å². The molecule has 1 atom stereocenters. The number of rotatable bonds is 5. The average Bonchev–Trinajstić information content (AvgIpc) is 2.87. The number of hydrogen-bond donors (Lipinski definition) is 1. The number of oxazole rings is 1. The molecule has 2 heterocycles. The molecule has 3 aromatic rings. The Labute approximate surface area is 140 Å². The van der Waals surface area contributed by atoms with Crippen LogP contribution in [0.1, 0.15) is 34.6 Å². The Morgan fingerprint density at radius 2 is 2.04 bits per heavy atom. The molecule has 118 valence electrons. The van der Waals surface area contributed by atoms with Gasteiger partial charge < -0.3 is 4.42 Å². The fraction of sp³-hybridized carbons (Fsp3) is 0.222. The van der Waals surface area contributed by atoms with Crippen LogP contribution < -0.4 is 5.32 Å². The van der Waals surface area contributed by atoms with Gasteiger partial charge in [0.15, 0.2) is 0 Å². The minimum Gasteiger partial charge on any atom is -0.444 e. The second-order valence-electron chi connectivity index (χ2n) is 5.37. The lowest BCUT2D eigenvalue weighted by atomic mass is 10.0. The van der Waals surface area contributed by atoms with Gasteiger partial charge >= 0.3 is 0 Å². The van der Waals surface area contributed by atoms with E-state index < -0.39 is 0 Å². The van der Waals surface area contributed by atoms with Crippen LogP contribution in [0.25, 0.3) is 0 Å². The Bertz CT molecular complexity index is 766. The summed E-state index contributed by atoms with van der Waals surface area (Å²) < 4.78 is 5.64. The molecule has 0 saturated heterocycles. The van der Waals surface area contributed by atoms with Crippen molar-refractivity contribution in [2.75, 3.05) is 0 Å². The highest BCUT2D eigenvalue weighted by atomic mass is 35.5. The third-order valence-corrected chi connectivity index (χ3v) is 3.93. The smallest absolute Gasteiger partial charge is 0.208 e. The molecule has 3 rings (SSSR count). The Hall–Kier alpha value is -2.17. The van der Waals surface area contributed by atoms with Gasteiger partial charge in [-0.05, 0) is 43.7 Å². The average molecular weight is 328 g/mol. The summed E-state index contributed by atoms with van der Waals surface area (Å²) in [5.41, 5.74) is 2.89. The molecule has 0 aliphatic carbocycles. The molecule has 0 aliphatic heterocycles. The number of benzene rings is 1. The van der Waals surface area contributed by atoms with Gasteiger partial charge in [-0.3, -0.25) is 10.3 Å². The summed E-state index contributed by atoms with van der Waals surface area (Å²) >= 11 is 6.14. The van der Waals surface area contributed by atoms with E-state index >= 15 is 0 Å². The van der Waals surface area contributed by atoms with Crippen LogP contribution >= 0.6 is 11.6 Å². The van der Waals surface area contributed by atoms with Crippen molar-refractivity contribution in [1.29, 1.82) is 0 Å². The molecule has 0 amide bonds. The summed E-state index contributed by atoms with van der Waals surface area (Å²) in [4.78, 5) is 8.87. The van der Waals surface area contributed by atoms with Crippen molar-refractivity contribution in [3.05, 3.63) is 82.3 Å². The molecule has 4 nitrogen and oxygen atoms in total. The first-order chi connectivity index (χ1) is 11.1. The third-order valence-electron chi connectivity index (χ3n) is 3.70. The highest BCUT2D eigenvalue weighted by molar-refractivity contribution is 6.30. The van der Waals surface area contributed by atoms with E-state index in [1.807, 2.05) is 56.3 Å². The van der Waals surface area contributed by atoms with Crippen molar-refractivity contribution in [1.82, 2.24) is 15.3 Å². The molecule has 1 N–H and O–H groups in total. The van der Waals surface area contributed by atoms with Crippen LogP contribution in [0.5, 0.6) is 0 Å². The van der Waals surface area contributed by atoms with Crippen LogP contribution in [0.4, 0.5) is 0 Å². The maximum absolute atomic E-state index is 6.14. The van der Waals surface area contributed by atoms with E-state index in [1.165, 1.54) is 0 Å². The topological polar surface area (TPSA) is 51.0 Å². The second kappa shape index (κ2) is 6.94. The summed E-state index contributed by atoms with van der Waals surface area (Å²) in [5.74, 6) is 1.52. The molecular formula is C18H18ClN3O. The number of aromatic nitrogens is 2. The monoisotopic (exact) mass is 327 g/mol. The Morgan fingerprint density at radius 1 is 1.17 bits per heavy atom. The van der Waals surface area contributed by atoms with Gasteiger partial charge in [-0.2, -0.15) is 0 Å². The van der Waals surface area contributed by atoms with E-state index in [1.54, 1.807) is 6.20 Å². The highest BCUT2D eigenvalue weighted by Gasteiger charge is 2.16. The number of halogens is 1. The molecular weight excluding hydrogens is 310 g/mol. The Morgan fingerprint density at radius 3 is 2.70 bits per heavy atom. The van der Waals surface area contributed by atoms with Gasteiger partial charge in [0.05, 0.1) is 24.0 Å². The predicted molar refractivity (Wildman–Crippen MR) is 90.3 cm³/mol. The van der Waals surface area contributed by atoms with E-state index in [0.29, 0.717) is 17.5 Å². The van der Waals surface area contributed by atoms with Gasteiger partial charge in [-0.25, -0.2) is 4.98 Å². The van der Waals surface area contributed by atoms with E-state index in [-0.39, 0.29) is 6.04 Å². The van der Waals surface area contributed by atoms with E-state index in [2.05, 4.69) is 15.3 Å². The first-order valence-corrected chi connectivity index (χ1v) is 7.84. The number of nitrogens with one attached hydrogen (secondary N) is 1. The molecule has 0 spiro atoms. The summed E-state index contributed by atoms with van der Waals surface area (Å²) in [5, 5.41) is 4.16. The van der Waals surface area contributed by atoms with Gasteiger partial charge in [-0.1, -0.05) is 29.8 Å².